The van der Waals surface area contributed by atoms with Crippen molar-refractivity contribution in [3.8, 4) is 0 Å². The predicted octanol–water partition coefficient (Wildman–Crippen LogP) is 1.68. The number of hydrogen-bond donors (Lipinski definition) is 2. The molecule has 23 heavy (non-hydrogen) atoms. The number of hydrogen-bond acceptors (Lipinski definition) is 5. The van der Waals surface area contributed by atoms with E-state index in [0.29, 0.717) is 0 Å². The average molecular weight is 339 g/mol. The maximum atomic E-state index is 12.5. The van der Waals surface area contributed by atoms with Gasteiger partial charge in [0.2, 0.25) is 0 Å². The van der Waals surface area contributed by atoms with Crippen LogP contribution in [0.1, 0.15) is 31.2 Å². The van der Waals surface area contributed by atoms with Gasteiger partial charge in [-0.05, 0) is 31.9 Å². The summed E-state index contributed by atoms with van der Waals surface area (Å²) in [5.41, 5.74) is 0.947. The van der Waals surface area contributed by atoms with E-state index in [4.69, 9.17) is 4.18 Å². The molecule has 0 spiro atoms. The number of carbonyl (C=O) groups is 1. The molecule has 7 heteroatoms. The maximum absolute atomic E-state index is 12.5. The summed E-state index contributed by atoms with van der Waals surface area (Å²) in [5, 5.41) is 12.4. The molecule has 1 heterocycles. The van der Waals surface area contributed by atoms with Gasteiger partial charge < -0.3 is 5.11 Å². The highest BCUT2D eigenvalue weighted by molar-refractivity contribution is 7.86. The number of aryl methyl sites for hydroxylation is 1. The summed E-state index contributed by atoms with van der Waals surface area (Å²) in [7, 11) is -3.98. The molecular formula is C16H21NO5S. The molecule has 1 saturated carbocycles. The molecule has 0 amide bonds. The molecule has 4 unspecified atom stereocenters. The fourth-order valence-corrected chi connectivity index (χ4v) is 4.70. The molecule has 1 aliphatic carbocycles. The van der Waals surface area contributed by atoms with E-state index in [-0.39, 0.29) is 16.9 Å². The summed E-state index contributed by atoms with van der Waals surface area (Å²) in [6.07, 6.45) is 2.79. The van der Waals surface area contributed by atoms with Crippen molar-refractivity contribution in [1.29, 1.82) is 0 Å². The average Bonchev–Trinajstić information content (AvgIpc) is 2.86. The van der Waals surface area contributed by atoms with E-state index in [0.717, 1.165) is 31.2 Å². The Kier molecular flexibility index (Phi) is 4.44. The van der Waals surface area contributed by atoms with E-state index in [1.807, 2.05) is 6.92 Å². The second-order valence-electron chi connectivity index (χ2n) is 6.37. The SMILES string of the molecule is Cc1ccc(S(=O)(=O)OC2C(C(=O)O)NC3CCCCC32)cc1. The molecule has 2 fully saturated rings. The first-order valence-electron chi connectivity index (χ1n) is 7.87. The zero-order valence-corrected chi connectivity index (χ0v) is 13.8. The highest BCUT2D eigenvalue weighted by Crippen LogP contribution is 2.37. The fraction of sp³-hybridized carbons (Fsp3) is 0.562. The Morgan fingerprint density at radius 1 is 1.22 bits per heavy atom. The van der Waals surface area contributed by atoms with Crippen LogP contribution in [0.4, 0.5) is 0 Å². The standard InChI is InChI=1S/C16H21NO5S/c1-10-6-8-11(9-7-10)23(20,21)22-15-12-4-2-3-5-13(12)17-14(15)16(18)19/h6-9,12-15,17H,2-5H2,1H3,(H,18,19). The molecule has 2 aliphatic rings. The maximum Gasteiger partial charge on any atom is 0.323 e. The van der Waals surface area contributed by atoms with Gasteiger partial charge in [0.1, 0.15) is 12.1 Å². The van der Waals surface area contributed by atoms with E-state index in [1.54, 1.807) is 12.1 Å². The van der Waals surface area contributed by atoms with E-state index < -0.39 is 28.2 Å². The Bertz CT molecular complexity index is 685. The summed E-state index contributed by atoms with van der Waals surface area (Å²) in [6.45, 7) is 1.87. The molecule has 1 saturated heterocycles. The molecule has 2 N–H and O–H groups in total. The van der Waals surface area contributed by atoms with Crippen LogP contribution >= 0.6 is 0 Å². The van der Waals surface area contributed by atoms with Gasteiger partial charge in [-0.2, -0.15) is 8.42 Å². The largest absolute Gasteiger partial charge is 0.480 e. The van der Waals surface area contributed by atoms with Crippen LogP contribution in [0.3, 0.4) is 0 Å². The van der Waals surface area contributed by atoms with Gasteiger partial charge in [0.05, 0.1) is 4.90 Å². The molecule has 1 aromatic carbocycles. The van der Waals surface area contributed by atoms with Crippen molar-refractivity contribution in [2.45, 2.75) is 55.7 Å². The van der Waals surface area contributed by atoms with Crippen LogP contribution in [0.15, 0.2) is 29.2 Å². The zero-order valence-electron chi connectivity index (χ0n) is 12.9. The van der Waals surface area contributed by atoms with E-state index in [1.165, 1.54) is 12.1 Å². The van der Waals surface area contributed by atoms with Crippen LogP contribution in [0, 0.1) is 12.8 Å². The summed E-state index contributed by atoms with van der Waals surface area (Å²) in [6, 6.07) is 5.40. The molecule has 1 aromatic rings. The minimum atomic E-state index is -3.98. The first-order valence-corrected chi connectivity index (χ1v) is 9.28. The van der Waals surface area contributed by atoms with Crippen molar-refractivity contribution < 1.29 is 22.5 Å². The van der Waals surface area contributed by atoms with Gasteiger partial charge in [-0.25, -0.2) is 0 Å². The van der Waals surface area contributed by atoms with Crippen LogP contribution < -0.4 is 5.32 Å². The minimum Gasteiger partial charge on any atom is -0.480 e. The van der Waals surface area contributed by atoms with Gasteiger partial charge in [0, 0.05) is 12.0 Å². The van der Waals surface area contributed by atoms with Crippen molar-refractivity contribution in [3.63, 3.8) is 0 Å². The summed E-state index contributed by atoms with van der Waals surface area (Å²) in [5.74, 6) is -1.14. The lowest BCUT2D eigenvalue weighted by Crippen LogP contribution is -2.42. The van der Waals surface area contributed by atoms with Crippen molar-refractivity contribution in [2.24, 2.45) is 5.92 Å². The van der Waals surface area contributed by atoms with Crippen molar-refractivity contribution >= 4 is 16.1 Å². The van der Waals surface area contributed by atoms with E-state index in [2.05, 4.69) is 5.32 Å². The monoisotopic (exact) mass is 339 g/mol. The fourth-order valence-electron chi connectivity index (χ4n) is 3.58. The molecule has 6 nitrogen and oxygen atoms in total. The van der Waals surface area contributed by atoms with E-state index >= 15 is 0 Å². The predicted molar refractivity (Wildman–Crippen MR) is 83.5 cm³/mol. The quantitative estimate of drug-likeness (QED) is 0.811. The molecule has 0 aromatic heterocycles. The highest BCUT2D eigenvalue weighted by atomic mass is 32.2. The number of nitrogens with one attached hydrogen (secondary N) is 1. The van der Waals surface area contributed by atoms with Gasteiger partial charge in [-0.15, -0.1) is 0 Å². The normalized spacial score (nSPS) is 30.8. The second-order valence-corrected chi connectivity index (χ2v) is 7.94. The number of carboxylic acids is 1. The lowest BCUT2D eigenvalue weighted by Gasteiger charge is -2.28. The van der Waals surface area contributed by atoms with E-state index in [9.17, 15) is 18.3 Å². The zero-order chi connectivity index (χ0) is 16.6. The molecule has 0 bridgehead atoms. The number of fused-ring (bicyclic) bond motifs is 1. The van der Waals surface area contributed by atoms with Gasteiger partial charge in [-0.3, -0.25) is 14.3 Å². The van der Waals surface area contributed by atoms with Crippen LogP contribution in [0.2, 0.25) is 0 Å². The van der Waals surface area contributed by atoms with Gasteiger partial charge in [0.15, 0.2) is 0 Å². The van der Waals surface area contributed by atoms with Crippen LogP contribution in [0.25, 0.3) is 0 Å². The first-order chi connectivity index (χ1) is 10.9. The lowest BCUT2D eigenvalue weighted by atomic mass is 9.83. The molecule has 4 atom stereocenters. The number of rotatable bonds is 4. The number of benzene rings is 1. The summed E-state index contributed by atoms with van der Waals surface area (Å²) >= 11 is 0. The van der Waals surface area contributed by atoms with Crippen molar-refractivity contribution in [3.05, 3.63) is 29.8 Å². The summed E-state index contributed by atoms with van der Waals surface area (Å²) in [4.78, 5) is 11.5. The van der Waals surface area contributed by atoms with Crippen LogP contribution in [-0.4, -0.2) is 37.7 Å². The molecule has 0 radical (unpaired) electrons. The minimum absolute atomic E-state index is 0.0167. The second kappa shape index (κ2) is 6.22. The molecule has 3 rings (SSSR count). The Morgan fingerprint density at radius 3 is 2.52 bits per heavy atom. The molecular weight excluding hydrogens is 318 g/mol. The van der Waals surface area contributed by atoms with Gasteiger partial charge in [-0.1, -0.05) is 30.5 Å². The molecule has 1 aliphatic heterocycles. The number of aliphatic carboxylic acids is 1. The first kappa shape index (κ1) is 16.4. The Hall–Kier alpha value is -1.44. The number of carboxylic acid groups (broad SMARTS) is 1. The Balaban J connectivity index is 1.86. The highest BCUT2D eigenvalue weighted by Gasteiger charge is 2.49. The third-order valence-electron chi connectivity index (χ3n) is 4.78. The third kappa shape index (κ3) is 3.27. The Labute approximate surface area is 136 Å². The van der Waals surface area contributed by atoms with Crippen molar-refractivity contribution in [2.75, 3.05) is 0 Å². The summed E-state index contributed by atoms with van der Waals surface area (Å²) < 4.78 is 30.4. The Morgan fingerprint density at radius 2 is 1.87 bits per heavy atom. The molecule has 126 valence electrons. The van der Waals surface area contributed by atoms with Gasteiger partial charge in [0.25, 0.3) is 10.1 Å². The van der Waals surface area contributed by atoms with Gasteiger partial charge >= 0.3 is 5.97 Å². The van der Waals surface area contributed by atoms with Crippen molar-refractivity contribution in [1.82, 2.24) is 5.32 Å². The third-order valence-corrected chi connectivity index (χ3v) is 6.10. The lowest BCUT2D eigenvalue weighted by molar-refractivity contribution is -0.141. The van der Waals surface area contributed by atoms with Crippen LogP contribution in [0.5, 0.6) is 0 Å². The topological polar surface area (TPSA) is 92.7 Å². The van der Waals surface area contributed by atoms with Crippen LogP contribution in [-0.2, 0) is 19.1 Å². The smallest absolute Gasteiger partial charge is 0.323 e.